The largest absolute Gasteiger partial charge is 0.483 e. The third-order valence-electron chi connectivity index (χ3n) is 3.85. The highest BCUT2D eigenvalue weighted by Crippen LogP contribution is 2.28. The van der Waals surface area contributed by atoms with Gasteiger partial charge in [-0.3, -0.25) is 14.5 Å². The van der Waals surface area contributed by atoms with Crippen molar-refractivity contribution in [3.63, 3.8) is 0 Å². The number of rotatable bonds is 2. The van der Waals surface area contributed by atoms with E-state index in [9.17, 15) is 4.79 Å². The molecular weight excluding hydrogens is 234 g/mol. The molecule has 0 aromatic rings. The van der Waals surface area contributed by atoms with Crippen molar-refractivity contribution >= 4 is 12.4 Å². The Balaban J connectivity index is 0.000000492. The highest BCUT2D eigenvalue weighted by molar-refractivity contribution is 5.84. The van der Waals surface area contributed by atoms with Crippen LogP contribution in [0.3, 0.4) is 0 Å². The molecule has 2 saturated heterocycles. The van der Waals surface area contributed by atoms with E-state index in [1.807, 2.05) is 0 Å². The van der Waals surface area contributed by atoms with Crippen molar-refractivity contribution in [2.24, 2.45) is 5.73 Å². The fourth-order valence-corrected chi connectivity index (χ4v) is 2.88. The first kappa shape index (κ1) is 14.9. The van der Waals surface area contributed by atoms with Gasteiger partial charge in [-0.1, -0.05) is 6.42 Å². The minimum atomic E-state index is -0.342. The summed E-state index contributed by atoms with van der Waals surface area (Å²) >= 11 is 0. The average Bonchev–Trinajstić information content (AvgIpc) is 2.41. The first-order valence-corrected chi connectivity index (χ1v) is 6.51. The van der Waals surface area contributed by atoms with Gasteiger partial charge in [0.15, 0.2) is 0 Å². The number of hydrogen-bond acceptors (Lipinski definition) is 4. The van der Waals surface area contributed by atoms with Crippen LogP contribution in [-0.2, 0) is 9.59 Å². The van der Waals surface area contributed by atoms with Gasteiger partial charge in [-0.25, -0.2) is 0 Å². The van der Waals surface area contributed by atoms with Crippen LogP contribution in [0.5, 0.6) is 0 Å². The molecule has 2 aliphatic heterocycles. The van der Waals surface area contributed by atoms with Crippen molar-refractivity contribution in [3.8, 4) is 0 Å². The Labute approximate surface area is 108 Å². The van der Waals surface area contributed by atoms with Crippen molar-refractivity contribution in [2.45, 2.75) is 37.6 Å². The van der Waals surface area contributed by atoms with Gasteiger partial charge in [-0.2, -0.15) is 0 Å². The number of nitrogens with one attached hydrogen (secondary N) is 1. The lowest BCUT2D eigenvalue weighted by Gasteiger charge is -2.45. The standard InChI is InChI=1S/C11H21N3O.CH2O2/c12-10(15)11(4-6-13-7-5-11)14-8-2-1-3-9-14;2-1-3/h13H,1-9H2,(H2,12,15);1H,(H,2,3). The van der Waals surface area contributed by atoms with Crippen LogP contribution in [0.25, 0.3) is 0 Å². The molecule has 0 aromatic carbocycles. The lowest BCUT2D eigenvalue weighted by Crippen LogP contribution is -2.62. The van der Waals surface area contributed by atoms with Gasteiger partial charge in [-0.15, -0.1) is 0 Å². The second-order valence-electron chi connectivity index (χ2n) is 4.80. The highest BCUT2D eigenvalue weighted by atomic mass is 16.3. The summed E-state index contributed by atoms with van der Waals surface area (Å²) in [6.45, 7) is 3.67. The molecular formula is C12H23N3O3. The van der Waals surface area contributed by atoms with Gasteiger partial charge in [0.05, 0.1) is 0 Å². The second kappa shape index (κ2) is 7.33. The van der Waals surface area contributed by atoms with Crippen LogP contribution in [0.4, 0.5) is 0 Å². The van der Waals surface area contributed by atoms with E-state index in [0.717, 1.165) is 39.0 Å². The number of carbonyl (C=O) groups is 2. The minimum Gasteiger partial charge on any atom is -0.483 e. The smallest absolute Gasteiger partial charge is 0.290 e. The molecule has 18 heavy (non-hydrogen) atoms. The first-order valence-electron chi connectivity index (χ1n) is 6.51. The molecule has 0 spiro atoms. The van der Waals surface area contributed by atoms with Crippen LogP contribution in [0.15, 0.2) is 0 Å². The maximum absolute atomic E-state index is 11.7. The molecule has 6 heteroatoms. The lowest BCUT2D eigenvalue weighted by molar-refractivity contribution is -0.133. The summed E-state index contributed by atoms with van der Waals surface area (Å²) in [5, 5.41) is 10.2. The molecule has 2 heterocycles. The summed E-state index contributed by atoms with van der Waals surface area (Å²) in [4.78, 5) is 22.4. The first-order chi connectivity index (χ1) is 8.67. The van der Waals surface area contributed by atoms with Crippen molar-refractivity contribution in [1.29, 1.82) is 0 Å². The van der Waals surface area contributed by atoms with Crippen LogP contribution < -0.4 is 11.1 Å². The van der Waals surface area contributed by atoms with Gasteiger partial charge in [0.1, 0.15) is 5.54 Å². The molecule has 0 radical (unpaired) electrons. The average molecular weight is 257 g/mol. The zero-order valence-corrected chi connectivity index (χ0v) is 10.7. The van der Waals surface area contributed by atoms with E-state index < -0.39 is 0 Å². The van der Waals surface area contributed by atoms with Crippen molar-refractivity contribution in [3.05, 3.63) is 0 Å². The van der Waals surface area contributed by atoms with Crippen molar-refractivity contribution < 1.29 is 14.7 Å². The molecule has 2 fully saturated rings. The normalized spacial score (nSPS) is 23.6. The quantitative estimate of drug-likeness (QED) is 0.594. The molecule has 4 N–H and O–H groups in total. The molecule has 6 nitrogen and oxygen atoms in total. The van der Waals surface area contributed by atoms with E-state index in [1.54, 1.807) is 0 Å². The Kier molecular flexibility index (Phi) is 6.07. The Morgan fingerprint density at radius 2 is 1.72 bits per heavy atom. The minimum absolute atomic E-state index is 0.120. The summed E-state index contributed by atoms with van der Waals surface area (Å²) in [5.74, 6) is -0.120. The third-order valence-corrected chi connectivity index (χ3v) is 3.85. The Morgan fingerprint density at radius 1 is 1.22 bits per heavy atom. The summed E-state index contributed by atoms with van der Waals surface area (Å²) in [5.41, 5.74) is 5.28. The van der Waals surface area contributed by atoms with E-state index in [1.165, 1.54) is 19.3 Å². The number of amides is 1. The van der Waals surface area contributed by atoms with Gasteiger partial charge in [0.25, 0.3) is 6.47 Å². The number of hydrogen-bond donors (Lipinski definition) is 3. The Hall–Kier alpha value is -1.14. The summed E-state index contributed by atoms with van der Waals surface area (Å²) < 4.78 is 0. The van der Waals surface area contributed by atoms with E-state index >= 15 is 0 Å². The lowest BCUT2D eigenvalue weighted by atomic mass is 9.84. The van der Waals surface area contributed by atoms with Crippen LogP contribution in [0.2, 0.25) is 0 Å². The molecule has 104 valence electrons. The van der Waals surface area contributed by atoms with E-state index in [2.05, 4.69) is 10.2 Å². The molecule has 0 aromatic heterocycles. The van der Waals surface area contributed by atoms with Gasteiger partial charge in [0.2, 0.25) is 5.91 Å². The fraction of sp³-hybridized carbons (Fsp3) is 0.833. The molecule has 0 unspecified atom stereocenters. The van der Waals surface area contributed by atoms with Crippen LogP contribution in [0, 0.1) is 0 Å². The Morgan fingerprint density at radius 3 is 2.17 bits per heavy atom. The van der Waals surface area contributed by atoms with E-state index in [0.29, 0.717) is 0 Å². The Bertz CT molecular complexity index is 272. The third kappa shape index (κ3) is 3.43. The van der Waals surface area contributed by atoms with Gasteiger partial charge in [-0.05, 0) is 51.9 Å². The van der Waals surface area contributed by atoms with Crippen LogP contribution >= 0.6 is 0 Å². The fourth-order valence-electron chi connectivity index (χ4n) is 2.88. The predicted molar refractivity (Wildman–Crippen MR) is 68.1 cm³/mol. The van der Waals surface area contributed by atoms with Crippen molar-refractivity contribution in [1.82, 2.24) is 10.2 Å². The maximum atomic E-state index is 11.7. The highest BCUT2D eigenvalue weighted by Gasteiger charge is 2.43. The summed E-state index contributed by atoms with van der Waals surface area (Å²) in [6.07, 6.45) is 5.47. The number of nitrogens with zero attached hydrogens (tertiary/aromatic N) is 1. The van der Waals surface area contributed by atoms with Gasteiger partial charge >= 0.3 is 0 Å². The van der Waals surface area contributed by atoms with E-state index in [4.69, 9.17) is 15.6 Å². The molecule has 0 bridgehead atoms. The van der Waals surface area contributed by atoms with Crippen molar-refractivity contribution in [2.75, 3.05) is 26.2 Å². The zero-order chi connectivity index (χ0) is 13.4. The molecule has 1 amide bonds. The molecule has 2 rings (SSSR count). The van der Waals surface area contributed by atoms with Crippen LogP contribution in [-0.4, -0.2) is 54.1 Å². The predicted octanol–water partition coefficient (Wildman–Crippen LogP) is -0.219. The number of carbonyl (C=O) groups excluding carboxylic acids is 1. The monoisotopic (exact) mass is 257 g/mol. The topological polar surface area (TPSA) is 95.7 Å². The van der Waals surface area contributed by atoms with Gasteiger partial charge < -0.3 is 16.2 Å². The summed E-state index contributed by atoms with van der Waals surface area (Å²) in [6, 6.07) is 0. The maximum Gasteiger partial charge on any atom is 0.290 e. The molecule has 0 saturated carbocycles. The second-order valence-corrected chi connectivity index (χ2v) is 4.80. The zero-order valence-electron chi connectivity index (χ0n) is 10.7. The SMILES string of the molecule is NC(=O)C1(N2CCCCC2)CCNCC1.O=CO. The van der Waals surface area contributed by atoms with Gasteiger partial charge in [0, 0.05) is 0 Å². The number of piperidine rings is 2. The molecule has 0 aliphatic carbocycles. The number of primary amides is 1. The molecule has 2 aliphatic rings. The summed E-state index contributed by atoms with van der Waals surface area (Å²) in [7, 11) is 0. The van der Waals surface area contributed by atoms with Crippen LogP contribution in [0.1, 0.15) is 32.1 Å². The molecule has 0 atom stereocenters. The number of carboxylic acid groups (broad SMARTS) is 1. The number of likely N-dealkylation sites (tertiary alicyclic amines) is 1. The number of nitrogens with two attached hydrogens (primary N) is 1. The van der Waals surface area contributed by atoms with E-state index in [-0.39, 0.29) is 17.9 Å².